The number of carbonyl (C=O) groups is 1. The van der Waals surface area contributed by atoms with E-state index >= 15 is 0 Å². The lowest BCUT2D eigenvalue weighted by molar-refractivity contribution is 0.102. The molecule has 1 heterocycles. The Kier molecular flexibility index (Phi) is 4.64. The lowest BCUT2D eigenvalue weighted by Crippen LogP contribution is -2.13. The van der Waals surface area contributed by atoms with Crippen molar-refractivity contribution < 1.29 is 17.6 Å². The van der Waals surface area contributed by atoms with Crippen molar-refractivity contribution in [2.75, 3.05) is 16.3 Å². The first-order valence-corrected chi connectivity index (χ1v) is 9.14. The molecular formula is C12H10BrFN2O3S2. The number of rotatable bonds is 4. The molecule has 2 aromatic rings. The number of anilines is 2. The first-order valence-electron chi connectivity index (χ1n) is 5.57. The molecule has 0 fully saturated rings. The van der Waals surface area contributed by atoms with Crippen LogP contribution in [-0.4, -0.2) is 20.6 Å². The zero-order valence-corrected chi connectivity index (χ0v) is 13.9. The predicted octanol–water partition coefficient (Wildman–Crippen LogP) is 3.27. The van der Waals surface area contributed by atoms with Crippen LogP contribution in [0, 0.1) is 5.82 Å². The van der Waals surface area contributed by atoms with Crippen LogP contribution in [0.5, 0.6) is 0 Å². The van der Waals surface area contributed by atoms with Gasteiger partial charge in [0, 0.05) is 11.1 Å². The van der Waals surface area contributed by atoms with Crippen LogP contribution in [0.25, 0.3) is 0 Å². The van der Waals surface area contributed by atoms with Gasteiger partial charge in [-0.3, -0.25) is 9.52 Å². The van der Waals surface area contributed by atoms with E-state index in [4.69, 9.17) is 0 Å². The summed E-state index contributed by atoms with van der Waals surface area (Å²) in [6.45, 7) is 0. The molecule has 0 saturated carbocycles. The molecule has 9 heteroatoms. The fourth-order valence-corrected chi connectivity index (χ4v) is 3.21. The first kappa shape index (κ1) is 15.9. The molecule has 0 aliphatic rings. The topological polar surface area (TPSA) is 75.3 Å². The highest BCUT2D eigenvalue weighted by Gasteiger charge is 2.12. The zero-order chi connectivity index (χ0) is 15.6. The maximum absolute atomic E-state index is 13.5. The van der Waals surface area contributed by atoms with E-state index < -0.39 is 15.8 Å². The number of halogens is 2. The second-order valence-electron chi connectivity index (χ2n) is 4.16. The molecule has 21 heavy (non-hydrogen) atoms. The van der Waals surface area contributed by atoms with Crippen LogP contribution >= 0.6 is 27.3 Å². The smallest absolute Gasteiger partial charge is 0.256 e. The van der Waals surface area contributed by atoms with Gasteiger partial charge in [-0.1, -0.05) is 0 Å². The van der Waals surface area contributed by atoms with Crippen LogP contribution in [0.1, 0.15) is 10.4 Å². The lowest BCUT2D eigenvalue weighted by Gasteiger charge is -2.09. The van der Waals surface area contributed by atoms with E-state index in [0.29, 0.717) is 5.56 Å². The van der Waals surface area contributed by atoms with E-state index in [9.17, 15) is 17.6 Å². The average Bonchev–Trinajstić information content (AvgIpc) is 2.78. The summed E-state index contributed by atoms with van der Waals surface area (Å²) in [5.74, 6) is -1.09. The Morgan fingerprint density at radius 2 is 2.05 bits per heavy atom. The van der Waals surface area contributed by atoms with Crippen molar-refractivity contribution in [3.63, 3.8) is 0 Å². The molecule has 0 aliphatic heterocycles. The average molecular weight is 393 g/mol. The number of carbonyl (C=O) groups excluding carboxylic acids is 1. The summed E-state index contributed by atoms with van der Waals surface area (Å²) >= 11 is 4.61. The minimum absolute atomic E-state index is 0.221. The molecule has 0 atom stereocenters. The van der Waals surface area contributed by atoms with E-state index in [1.165, 1.54) is 23.5 Å². The second kappa shape index (κ2) is 6.12. The van der Waals surface area contributed by atoms with Crippen LogP contribution in [0.2, 0.25) is 0 Å². The predicted molar refractivity (Wildman–Crippen MR) is 84.8 cm³/mol. The van der Waals surface area contributed by atoms with Crippen molar-refractivity contribution in [3.8, 4) is 0 Å². The SMILES string of the molecule is CS(=O)(=O)Nc1cc(NC(=O)c2csc(Br)c2)ccc1F. The van der Waals surface area contributed by atoms with Gasteiger partial charge in [0.15, 0.2) is 0 Å². The Hall–Kier alpha value is -1.45. The first-order chi connectivity index (χ1) is 9.74. The highest BCUT2D eigenvalue weighted by atomic mass is 79.9. The lowest BCUT2D eigenvalue weighted by atomic mass is 10.2. The highest BCUT2D eigenvalue weighted by Crippen LogP contribution is 2.23. The Bertz CT molecular complexity index is 790. The maximum atomic E-state index is 13.5. The third kappa shape index (κ3) is 4.51. The second-order valence-corrected chi connectivity index (χ2v) is 8.20. The maximum Gasteiger partial charge on any atom is 0.256 e. The third-order valence-corrected chi connectivity index (χ3v) is 4.44. The van der Waals surface area contributed by atoms with Gasteiger partial charge in [-0.05, 0) is 40.2 Å². The molecule has 2 rings (SSSR count). The van der Waals surface area contributed by atoms with Crippen molar-refractivity contribution in [2.24, 2.45) is 0 Å². The van der Waals surface area contributed by atoms with E-state index in [2.05, 4.69) is 21.2 Å². The van der Waals surface area contributed by atoms with Gasteiger partial charge in [0.2, 0.25) is 10.0 Å². The molecule has 0 spiro atoms. The molecule has 0 bridgehead atoms. The molecule has 1 amide bonds. The molecule has 0 unspecified atom stereocenters. The van der Waals surface area contributed by atoms with Crippen molar-refractivity contribution in [1.82, 2.24) is 0 Å². The van der Waals surface area contributed by atoms with Crippen LogP contribution in [0.3, 0.4) is 0 Å². The largest absolute Gasteiger partial charge is 0.322 e. The summed E-state index contributed by atoms with van der Waals surface area (Å²) in [4.78, 5) is 12.0. The third-order valence-electron chi connectivity index (χ3n) is 2.35. The van der Waals surface area contributed by atoms with Gasteiger partial charge in [0.1, 0.15) is 5.82 Å². The summed E-state index contributed by atoms with van der Waals surface area (Å²) < 4.78 is 38.7. The van der Waals surface area contributed by atoms with Gasteiger partial charge in [-0.15, -0.1) is 11.3 Å². The quantitative estimate of drug-likeness (QED) is 0.837. The minimum Gasteiger partial charge on any atom is -0.322 e. The monoisotopic (exact) mass is 392 g/mol. The summed E-state index contributed by atoms with van der Waals surface area (Å²) in [6.07, 6.45) is 0.917. The number of nitrogens with one attached hydrogen (secondary N) is 2. The van der Waals surface area contributed by atoms with Crippen LogP contribution in [-0.2, 0) is 10.0 Å². The van der Waals surface area contributed by atoms with Gasteiger partial charge in [-0.2, -0.15) is 0 Å². The van der Waals surface area contributed by atoms with Gasteiger partial charge in [0.25, 0.3) is 5.91 Å². The van der Waals surface area contributed by atoms with Crippen LogP contribution in [0.4, 0.5) is 15.8 Å². The standard InChI is InChI=1S/C12H10BrFN2O3S2/c1-21(18,19)16-10-5-8(2-3-9(10)14)15-12(17)7-4-11(13)20-6-7/h2-6,16H,1H3,(H,15,17). The molecular weight excluding hydrogens is 383 g/mol. The fraction of sp³-hybridized carbons (Fsp3) is 0.0833. The Morgan fingerprint density at radius 1 is 1.33 bits per heavy atom. The zero-order valence-electron chi connectivity index (χ0n) is 10.7. The highest BCUT2D eigenvalue weighted by molar-refractivity contribution is 9.11. The van der Waals surface area contributed by atoms with E-state index in [-0.39, 0.29) is 17.3 Å². The van der Waals surface area contributed by atoms with Crippen molar-refractivity contribution in [3.05, 3.63) is 44.8 Å². The summed E-state index contributed by atoms with van der Waals surface area (Å²) in [7, 11) is -3.60. The van der Waals surface area contributed by atoms with Crippen molar-refractivity contribution >= 4 is 54.6 Å². The van der Waals surface area contributed by atoms with E-state index in [1.807, 2.05) is 4.72 Å². The number of hydrogen-bond donors (Lipinski definition) is 2. The van der Waals surface area contributed by atoms with Gasteiger partial charge < -0.3 is 5.32 Å². The van der Waals surface area contributed by atoms with Crippen LogP contribution in [0.15, 0.2) is 33.4 Å². The van der Waals surface area contributed by atoms with Crippen molar-refractivity contribution in [1.29, 1.82) is 0 Å². The van der Waals surface area contributed by atoms with Gasteiger partial charge in [0.05, 0.1) is 21.3 Å². The number of benzene rings is 1. The Balaban J connectivity index is 2.21. The van der Waals surface area contributed by atoms with E-state index in [1.54, 1.807) is 11.4 Å². The molecule has 0 saturated heterocycles. The number of hydrogen-bond acceptors (Lipinski definition) is 4. The summed E-state index contributed by atoms with van der Waals surface area (Å²) in [6, 6.07) is 5.30. The molecule has 112 valence electrons. The van der Waals surface area contributed by atoms with Gasteiger partial charge >= 0.3 is 0 Å². The molecule has 0 aliphatic carbocycles. The number of sulfonamides is 1. The Labute approximate surface area is 133 Å². The summed E-state index contributed by atoms with van der Waals surface area (Å²) in [5, 5.41) is 4.24. The molecule has 0 radical (unpaired) electrons. The molecule has 1 aromatic carbocycles. The normalized spacial score (nSPS) is 11.2. The molecule has 5 nitrogen and oxygen atoms in total. The molecule has 1 aromatic heterocycles. The summed E-state index contributed by atoms with van der Waals surface area (Å²) in [5.41, 5.74) is 0.519. The fourth-order valence-electron chi connectivity index (χ4n) is 1.51. The number of thiophene rings is 1. The van der Waals surface area contributed by atoms with Crippen molar-refractivity contribution in [2.45, 2.75) is 0 Å². The number of amides is 1. The van der Waals surface area contributed by atoms with Crippen LogP contribution < -0.4 is 10.0 Å². The van der Waals surface area contributed by atoms with Gasteiger partial charge in [-0.25, -0.2) is 12.8 Å². The minimum atomic E-state index is -3.60. The van der Waals surface area contributed by atoms with E-state index in [0.717, 1.165) is 16.1 Å². The molecule has 2 N–H and O–H groups in total. The Morgan fingerprint density at radius 3 is 2.62 bits per heavy atom.